The highest BCUT2D eigenvalue weighted by Crippen LogP contribution is 2.32. The lowest BCUT2D eigenvalue weighted by Gasteiger charge is -2.20. The fourth-order valence-corrected chi connectivity index (χ4v) is 2.16. The van der Waals surface area contributed by atoms with Crippen molar-refractivity contribution in [2.75, 3.05) is 7.11 Å². The van der Waals surface area contributed by atoms with Gasteiger partial charge >= 0.3 is 0 Å². The molecule has 0 aliphatic carbocycles. The summed E-state index contributed by atoms with van der Waals surface area (Å²) >= 11 is 0. The number of nitrogens with zero attached hydrogens (tertiary/aromatic N) is 1. The second-order valence-electron chi connectivity index (χ2n) is 6.08. The van der Waals surface area contributed by atoms with E-state index in [1.165, 1.54) is 19.2 Å². The van der Waals surface area contributed by atoms with Gasteiger partial charge in [-0.2, -0.15) is 5.26 Å². The van der Waals surface area contributed by atoms with Crippen LogP contribution >= 0.6 is 0 Å². The van der Waals surface area contributed by atoms with Gasteiger partial charge in [-0.05, 0) is 23.8 Å². The van der Waals surface area contributed by atoms with Gasteiger partial charge in [-0.15, -0.1) is 0 Å². The number of rotatable bonds is 2. The molecule has 0 saturated carbocycles. The number of H-pyrrole nitrogens is 1. The van der Waals surface area contributed by atoms with E-state index in [0.717, 1.165) is 0 Å². The molecule has 114 valence electrons. The van der Waals surface area contributed by atoms with Crippen LogP contribution in [0.15, 0.2) is 29.1 Å². The Bertz CT molecular complexity index is 808. The lowest BCUT2D eigenvalue weighted by molar-refractivity contribution is 0.408. The molecule has 0 unspecified atom stereocenters. The first-order valence-corrected chi connectivity index (χ1v) is 6.82. The Labute approximate surface area is 128 Å². The first-order chi connectivity index (χ1) is 10.3. The molecular weight excluding hydrogens is 280 g/mol. The van der Waals surface area contributed by atoms with E-state index in [9.17, 15) is 15.2 Å². The summed E-state index contributed by atoms with van der Waals surface area (Å²) in [7, 11) is 1.49. The summed E-state index contributed by atoms with van der Waals surface area (Å²) in [5.41, 5.74) is 1.06. The highest BCUT2D eigenvalue weighted by atomic mass is 16.5. The van der Waals surface area contributed by atoms with Crippen molar-refractivity contribution < 1.29 is 9.84 Å². The maximum absolute atomic E-state index is 12.2. The van der Waals surface area contributed by atoms with Crippen LogP contribution in [0.25, 0.3) is 11.1 Å². The van der Waals surface area contributed by atoms with E-state index >= 15 is 0 Å². The third kappa shape index (κ3) is 2.96. The van der Waals surface area contributed by atoms with Gasteiger partial charge in [-0.25, -0.2) is 0 Å². The monoisotopic (exact) mass is 298 g/mol. The van der Waals surface area contributed by atoms with Crippen molar-refractivity contribution in [2.24, 2.45) is 0 Å². The number of methoxy groups -OCH3 is 1. The highest BCUT2D eigenvalue weighted by molar-refractivity contribution is 5.73. The summed E-state index contributed by atoms with van der Waals surface area (Å²) in [6, 6.07) is 8.36. The molecule has 0 radical (unpaired) electrons. The molecule has 0 atom stereocenters. The van der Waals surface area contributed by atoms with E-state index in [4.69, 9.17) is 4.74 Å². The van der Waals surface area contributed by atoms with Crippen molar-refractivity contribution in [2.45, 2.75) is 26.2 Å². The summed E-state index contributed by atoms with van der Waals surface area (Å²) in [5, 5.41) is 19.1. The number of phenolic OH excluding ortho intramolecular Hbond substituents is 1. The maximum atomic E-state index is 12.2. The molecule has 0 spiro atoms. The molecule has 0 saturated heterocycles. The van der Waals surface area contributed by atoms with Crippen molar-refractivity contribution in [3.8, 4) is 28.7 Å². The number of hydrogen-bond donors (Lipinski definition) is 2. The van der Waals surface area contributed by atoms with Crippen LogP contribution in [-0.4, -0.2) is 17.2 Å². The van der Waals surface area contributed by atoms with E-state index in [0.29, 0.717) is 22.6 Å². The molecule has 0 bridgehead atoms. The van der Waals surface area contributed by atoms with Crippen LogP contribution in [0.4, 0.5) is 0 Å². The van der Waals surface area contributed by atoms with E-state index in [1.54, 1.807) is 12.1 Å². The Morgan fingerprint density at radius 3 is 2.45 bits per heavy atom. The second kappa shape index (κ2) is 5.57. The number of aromatic nitrogens is 1. The highest BCUT2D eigenvalue weighted by Gasteiger charge is 2.20. The molecule has 2 rings (SSSR count). The van der Waals surface area contributed by atoms with Crippen LogP contribution in [-0.2, 0) is 5.41 Å². The molecule has 2 N–H and O–H groups in total. The minimum absolute atomic E-state index is 0.0100. The number of pyridine rings is 1. The van der Waals surface area contributed by atoms with Gasteiger partial charge in [0.2, 0.25) is 0 Å². The first-order valence-electron chi connectivity index (χ1n) is 6.82. The van der Waals surface area contributed by atoms with Gasteiger partial charge in [0.1, 0.15) is 23.1 Å². The minimum atomic E-state index is -0.438. The molecule has 1 aromatic carbocycles. The van der Waals surface area contributed by atoms with E-state index in [-0.39, 0.29) is 16.7 Å². The summed E-state index contributed by atoms with van der Waals surface area (Å²) in [5.74, 6) is 0.465. The Balaban J connectivity index is 2.79. The molecule has 1 heterocycles. The number of phenols is 1. The smallest absolute Gasteiger partial charge is 0.266 e. The Hall–Kier alpha value is -2.74. The van der Waals surface area contributed by atoms with E-state index in [2.05, 4.69) is 4.98 Å². The van der Waals surface area contributed by atoms with Crippen LogP contribution in [0.1, 0.15) is 32.0 Å². The van der Waals surface area contributed by atoms with E-state index in [1.807, 2.05) is 26.8 Å². The Kier molecular flexibility index (Phi) is 3.96. The number of benzene rings is 1. The predicted octanol–water partition coefficient (Wildman–Crippen LogP) is 2.93. The van der Waals surface area contributed by atoms with Crippen LogP contribution in [0, 0.1) is 11.3 Å². The fraction of sp³-hybridized carbons (Fsp3) is 0.294. The number of aromatic amines is 1. The molecule has 5 heteroatoms. The zero-order valence-electron chi connectivity index (χ0n) is 13.0. The van der Waals surface area contributed by atoms with E-state index < -0.39 is 5.56 Å². The SMILES string of the molecule is COc1cc(O)cc(-c2cc(C(C)(C)C)[nH]c(=O)c2C#N)c1. The van der Waals surface area contributed by atoms with Crippen molar-refractivity contribution in [1.82, 2.24) is 4.98 Å². The second-order valence-corrected chi connectivity index (χ2v) is 6.08. The first kappa shape index (κ1) is 15.6. The van der Waals surface area contributed by atoms with Gasteiger partial charge in [0.25, 0.3) is 5.56 Å². The van der Waals surface area contributed by atoms with Crippen LogP contribution < -0.4 is 10.3 Å². The van der Waals surface area contributed by atoms with Gasteiger partial charge in [-0.3, -0.25) is 4.79 Å². The zero-order chi connectivity index (χ0) is 16.5. The van der Waals surface area contributed by atoms with Crippen LogP contribution in [0.5, 0.6) is 11.5 Å². The number of nitriles is 1. The van der Waals surface area contributed by atoms with Crippen LogP contribution in [0.3, 0.4) is 0 Å². The molecule has 0 amide bonds. The lowest BCUT2D eigenvalue weighted by Crippen LogP contribution is -2.22. The predicted molar refractivity (Wildman–Crippen MR) is 84.1 cm³/mol. The quantitative estimate of drug-likeness (QED) is 0.892. The summed E-state index contributed by atoms with van der Waals surface area (Å²) in [4.78, 5) is 14.9. The molecule has 0 aliphatic heterocycles. The molecule has 2 aromatic rings. The topological polar surface area (TPSA) is 86.1 Å². The van der Waals surface area contributed by atoms with Crippen LogP contribution in [0.2, 0.25) is 0 Å². The summed E-state index contributed by atoms with van der Waals surface area (Å²) < 4.78 is 5.13. The molecular formula is C17H18N2O3. The molecule has 0 fully saturated rings. The largest absolute Gasteiger partial charge is 0.508 e. The third-order valence-corrected chi connectivity index (χ3v) is 3.39. The molecule has 1 aromatic heterocycles. The number of nitrogens with one attached hydrogen (secondary N) is 1. The van der Waals surface area contributed by atoms with Gasteiger partial charge < -0.3 is 14.8 Å². The molecule has 0 aliphatic rings. The maximum Gasteiger partial charge on any atom is 0.266 e. The minimum Gasteiger partial charge on any atom is -0.508 e. The summed E-state index contributed by atoms with van der Waals surface area (Å²) in [6.45, 7) is 5.91. The standard InChI is InChI=1S/C17H18N2O3/c1-17(2,3)15-8-13(14(9-18)16(21)19-15)10-5-11(20)7-12(6-10)22-4/h5-8,20H,1-4H3,(H,19,21). The van der Waals surface area contributed by atoms with Gasteiger partial charge in [0.05, 0.1) is 7.11 Å². The lowest BCUT2D eigenvalue weighted by atomic mass is 9.88. The average molecular weight is 298 g/mol. The number of ether oxygens (including phenoxy) is 1. The van der Waals surface area contributed by atoms with Crippen molar-refractivity contribution in [3.05, 3.63) is 45.9 Å². The van der Waals surface area contributed by atoms with Gasteiger partial charge in [0.15, 0.2) is 0 Å². The average Bonchev–Trinajstić information content (AvgIpc) is 2.44. The number of hydrogen-bond acceptors (Lipinski definition) is 4. The molecule has 22 heavy (non-hydrogen) atoms. The summed E-state index contributed by atoms with van der Waals surface area (Å²) in [6.07, 6.45) is 0. The van der Waals surface area contributed by atoms with Crippen molar-refractivity contribution in [1.29, 1.82) is 5.26 Å². The van der Waals surface area contributed by atoms with Crippen molar-refractivity contribution >= 4 is 0 Å². The molecule has 5 nitrogen and oxygen atoms in total. The zero-order valence-corrected chi connectivity index (χ0v) is 13.0. The van der Waals surface area contributed by atoms with Gasteiger partial charge in [0, 0.05) is 22.7 Å². The Morgan fingerprint density at radius 1 is 1.23 bits per heavy atom. The number of aromatic hydroxyl groups is 1. The normalized spacial score (nSPS) is 11.0. The third-order valence-electron chi connectivity index (χ3n) is 3.39. The fourth-order valence-electron chi connectivity index (χ4n) is 2.16. The van der Waals surface area contributed by atoms with Crippen molar-refractivity contribution in [3.63, 3.8) is 0 Å². The Morgan fingerprint density at radius 2 is 1.91 bits per heavy atom. The van der Waals surface area contributed by atoms with Gasteiger partial charge in [-0.1, -0.05) is 20.8 Å².